The Hall–Kier alpha value is -0.670. The fraction of sp³-hybridized carbons (Fsp3) is 0.533. The van der Waals surface area contributed by atoms with E-state index in [1.807, 2.05) is 31.2 Å². The zero-order valence-corrected chi connectivity index (χ0v) is 12.6. The fourth-order valence-corrected chi connectivity index (χ4v) is 3.08. The first-order valence-electron chi connectivity index (χ1n) is 6.69. The number of likely N-dealkylation sites (tertiary alicyclic amines) is 1. The molecule has 0 bridgehead atoms. The third-order valence-corrected chi connectivity index (χ3v) is 4.43. The van der Waals surface area contributed by atoms with Crippen molar-refractivity contribution in [3.8, 4) is 0 Å². The molecule has 0 aromatic heterocycles. The number of hydrogen-bond donors (Lipinski definition) is 0. The molecule has 1 saturated heterocycles. The summed E-state index contributed by atoms with van der Waals surface area (Å²) in [6.45, 7) is 5.31. The van der Waals surface area contributed by atoms with Gasteiger partial charge in [-0.2, -0.15) is 0 Å². The van der Waals surface area contributed by atoms with Gasteiger partial charge in [0.25, 0.3) is 0 Å². The maximum atomic E-state index is 12.4. The molecule has 1 aliphatic heterocycles. The Balaban J connectivity index is 2.11. The Labute approximate surface area is 117 Å². The predicted molar refractivity (Wildman–Crippen MR) is 78.0 cm³/mol. The van der Waals surface area contributed by atoms with Crippen molar-refractivity contribution in [2.75, 3.05) is 6.54 Å². The maximum Gasteiger partial charge on any atom is 0.179 e. The summed E-state index contributed by atoms with van der Waals surface area (Å²) < 4.78 is 1.01. The van der Waals surface area contributed by atoms with Crippen LogP contribution < -0.4 is 0 Å². The summed E-state index contributed by atoms with van der Waals surface area (Å²) in [5, 5.41) is 0. The van der Waals surface area contributed by atoms with Crippen LogP contribution in [0.15, 0.2) is 28.7 Å². The van der Waals surface area contributed by atoms with E-state index in [0.717, 1.165) is 23.0 Å². The average molecular weight is 310 g/mol. The molecular formula is C15H20BrNO. The second-order valence-corrected chi connectivity index (χ2v) is 5.90. The van der Waals surface area contributed by atoms with E-state index >= 15 is 0 Å². The van der Waals surface area contributed by atoms with Crippen molar-refractivity contribution in [3.63, 3.8) is 0 Å². The highest BCUT2D eigenvalue weighted by Crippen LogP contribution is 2.24. The van der Waals surface area contributed by atoms with Crippen LogP contribution in [0.2, 0.25) is 0 Å². The molecule has 2 unspecified atom stereocenters. The molecule has 3 heteroatoms. The lowest BCUT2D eigenvalue weighted by Gasteiger charge is -2.29. The van der Waals surface area contributed by atoms with Gasteiger partial charge in [-0.3, -0.25) is 9.69 Å². The van der Waals surface area contributed by atoms with Crippen LogP contribution in [0.1, 0.15) is 43.5 Å². The van der Waals surface area contributed by atoms with E-state index < -0.39 is 0 Å². The highest BCUT2D eigenvalue weighted by molar-refractivity contribution is 9.10. The lowest BCUT2D eigenvalue weighted by atomic mass is 10.0. The number of Topliss-reactive ketones (excluding diaryl/α,β-unsaturated/α-hetero) is 1. The average Bonchev–Trinajstić information content (AvgIpc) is 2.86. The number of carbonyl (C=O) groups excluding carboxylic acids is 1. The number of rotatable bonds is 4. The smallest absolute Gasteiger partial charge is 0.179 e. The quantitative estimate of drug-likeness (QED) is 0.786. The summed E-state index contributed by atoms with van der Waals surface area (Å²) in [4.78, 5) is 14.8. The van der Waals surface area contributed by atoms with Crippen molar-refractivity contribution < 1.29 is 4.79 Å². The number of benzene rings is 1. The Morgan fingerprint density at radius 3 is 2.72 bits per heavy atom. The first-order chi connectivity index (χ1) is 8.63. The van der Waals surface area contributed by atoms with Gasteiger partial charge in [0.2, 0.25) is 0 Å². The monoisotopic (exact) mass is 309 g/mol. The first-order valence-corrected chi connectivity index (χ1v) is 7.48. The third-order valence-electron chi connectivity index (χ3n) is 3.90. The largest absolute Gasteiger partial charge is 0.292 e. The fourth-order valence-electron chi connectivity index (χ4n) is 2.81. The summed E-state index contributed by atoms with van der Waals surface area (Å²) in [5.41, 5.74) is 0.812. The molecular weight excluding hydrogens is 290 g/mol. The van der Waals surface area contributed by atoms with Gasteiger partial charge < -0.3 is 0 Å². The van der Waals surface area contributed by atoms with Gasteiger partial charge in [-0.25, -0.2) is 0 Å². The molecule has 1 aromatic rings. The van der Waals surface area contributed by atoms with E-state index in [1.165, 1.54) is 12.8 Å². The number of nitrogens with zero attached hydrogens (tertiary/aromatic N) is 1. The molecule has 0 spiro atoms. The number of ketones is 1. The predicted octanol–water partition coefficient (Wildman–Crippen LogP) is 3.89. The van der Waals surface area contributed by atoms with Crippen LogP contribution in [-0.4, -0.2) is 29.3 Å². The molecule has 18 heavy (non-hydrogen) atoms. The Bertz CT molecular complexity index is 415. The van der Waals surface area contributed by atoms with Crippen LogP contribution in [0.4, 0.5) is 0 Å². The second-order valence-electron chi connectivity index (χ2n) is 4.99. The van der Waals surface area contributed by atoms with Gasteiger partial charge in [-0.05, 0) is 44.9 Å². The molecule has 2 nitrogen and oxygen atoms in total. The lowest BCUT2D eigenvalue weighted by Crippen LogP contribution is -2.41. The summed E-state index contributed by atoms with van der Waals surface area (Å²) >= 11 is 3.40. The van der Waals surface area contributed by atoms with Gasteiger partial charge >= 0.3 is 0 Å². The second kappa shape index (κ2) is 5.98. The molecule has 1 fully saturated rings. The summed E-state index contributed by atoms with van der Waals surface area (Å²) in [7, 11) is 0. The van der Waals surface area contributed by atoms with E-state index in [0.29, 0.717) is 6.04 Å². The Kier molecular flexibility index (Phi) is 4.57. The van der Waals surface area contributed by atoms with Crippen LogP contribution in [-0.2, 0) is 0 Å². The van der Waals surface area contributed by atoms with Gasteiger partial charge in [-0.15, -0.1) is 0 Å². The summed E-state index contributed by atoms with van der Waals surface area (Å²) in [6.07, 6.45) is 3.59. The minimum atomic E-state index is -0.00127. The SMILES string of the molecule is CCC1CCCN1C(C)C(=O)c1ccc(Br)cc1. The van der Waals surface area contributed by atoms with Crippen molar-refractivity contribution in [2.45, 2.75) is 45.2 Å². The number of halogens is 1. The molecule has 0 saturated carbocycles. The zero-order chi connectivity index (χ0) is 13.1. The minimum Gasteiger partial charge on any atom is -0.292 e. The van der Waals surface area contributed by atoms with E-state index in [1.54, 1.807) is 0 Å². The van der Waals surface area contributed by atoms with Gasteiger partial charge in [0, 0.05) is 16.1 Å². The first kappa shape index (κ1) is 13.8. The van der Waals surface area contributed by atoms with Crippen LogP contribution in [0.5, 0.6) is 0 Å². The molecule has 1 aliphatic rings. The van der Waals surface area contributed by atoms with Gasteiger partial charge in [-0.1, -0.05) is 35.0 Å². The molecule has 2 rings (SSSR count). The molecule has 0 aliphatic carbocycles. The van der Waals surface area contributed by atoms with E-state index in [9.17, 15) is 4.79 Å². The normalized spacial score (nSPS) is 22.1. The van der Waals surface area contributed by atoms with Crippen molar-refractivity contribution in [3.05, 3.63) is 34.3 Å². The molecule has 0 radical (unpaired) electrons. The van der Waals surface area contributed by atoms with Crippen molar-refractivity contribution >= 4 is 21.7 Å². The number of carbonyl (C=O) groups is 1. The van der Waals surface area contributed by atoms with Gasteiger partial charge in [0.15, 0.2) is 5.78 Å². The topological polar surface area (TPSA) is 20.3 Å². The summed E-state index contributed by atoms with van der Waals surface area (Å²) in [5.74, 6) is 0.239. The maximum absolute atomic E-state index is 12.4. The molecule has 1 aromatic carbocycles. The van der Waals surface area contributed by atoms with Gasteiger partial charge in [0.05, 0.1) is 6.04 Å². The van der Waals surface area contributed by atoms with Crippen molar-refractivity contribution in [2.24, 2.45) is 0 Å². The van der Waals surface area contributed by atoms with Crippen LogP contribution in [0.25, 0.3) is 0 Å². The molecule has 1 heterocycles. The highest BCUT2D eigenvalue weighted by Gasteiger charge is 2.31. The lowest BCUT2D eigenvalue weighted by molar-refractivity contribution is 0.0817. The molecule has 98 valence electrons. The van der Waals surface area contributed by atoms with Crippen LogP contribution in [0, 0.1) is 0 Å². The minimum absolute atomic E-state index is 0.00127. The number of hydrogen-bond acceptors (Lipinski definition) is 2. The van der Waals surface area contributed by atoms with E-state index in [-0.39, 0.29) is 11.8 Å². The standard InChI is InChI=1S/C15H20BrNO/c1-3-14-5-4-10-17(14)11(2)15(18)12-6-8-13(16)9-7-12/h6-9,11,14H,3-5,10H2,1-2H3. The summed E-state index contributed by atoms with van der Waals surface area (Å²) in [6, 6.07) is 8.25. The van der Waals surface area contributed by atoms with Crippen molar-refractivity contribution in [1.29, 1.82) is 0 Å². The van der Waals surface area contributed by atoms with E-state index in [2.05, 4.69) is 27.8 Å². The molecule has 0 N–H and O–H groups in total. The van der Waals surface area contributed by atoms with Crippen LogP contribution >= 0.6 is 15.9 Å². The van der Waals surface area contributed by atoms with Crippen LogP contribution in [0.3, 0.4) is 0 Å². The zero-order valence-electron chi connectivity index (χ0n) is 11.0. The highest BCUT2D eigenvalue weighted by atomic mass is 79.9. The molecule has 0 amide bonds. The van der Waals surface area contributed by atoms with E-state index in [4.69, 9.17) is 0 Å². The van der Waals surface area contributed by atoms with Gasteiger partial charge in [0.1, 0.15) is 0 Å². The Morgan fingerprint density at radius 2 is 2.11 bits per heavy atom. The Morgan fingerprint density at radius 1 is 1.44 bits per heavy atom. The molecule has 2 atom stereocenters. The third kappa shape index (κ3) is 2.83. The van der Waals surface area contributed by atoms with Crippen molar-refractivity contribution in [1.82, 2.24) is 4.90 Å².